The van der Waals surface area contributed by atoms with E-state index in [-0.39, 0.29) is 5.97 Å². The highest BCUT2D eigenvalue weighted by Gasteiger charge is 2.18. The van der Waals surface area contributed by atoms with Crippen LogP contribution >= 0.6 is 0 Å². The van der Waals surface area contributed by atoms with Crippen molar-refractivity contribution in [2.75, 3.05) is 13.7 Å². The van der Waals surface area contributed by atoms with E-state index in [1.807, 2.05) is 0 Å². The van der Waals surface area contributed by atoms with Crippen LogP contribution in [0.2, 0.25) is 0 Å². The van der Waals surface area contributed by atoms with E-state index in [0.717, 1.165) is 31.4 Å². The summed E-state index contributed by atoms with van der Waals surface area (Å²) in [5, 5.41) is 0. The molecule has 2 aliphatic carbocycles. The molecule has 2 aromatic rings. The summed E-state index contributed by atoms with van der Waals surface area (Å²) in [5.41, 5.74) is 8.68. The van der Waals surface area contributed by atoms with Crippen molar-refractivity contribution in [3.05, 3.63) is 70.3 Å². The SMILES string of the molecule is COC(=O)CCCc1ccc(OCC2=C(c3ccc4c(c3)CC4)CCCCC2)cc1. The first-order valence-corrected chi connectivity index (χ1v) is 11.3. The summed E-state index contributed by atoms with van der Waals surface area (Å²) in [6, 6.07) is 15.4. The molecule has 0 saturated carbocycles. The average Bonchev–Trinajstić information content (AvgIpc) is 2.99. The van der Waals surface area contributed by atoms with Gasteiger partial charge in [-0.15, -0.1) is 0 Å². The molecule has 30 heavy (non-hydrogen) atoms. The molecule has 4 rings (SSSR count). The summed E-state index contributed by atoms with van der Waals surface area (Å²) < 4.78 is 10.9. The number of ether oxygens (including phenoxy) is 2. The van der Waals surface area contributed by atoms with Crippen molar-refractivity contribution in [1.82, 2.24) is 0 Å². The average molecular weight is 405 g/mol. The van der Waals surface area contributed by atoms with Crippen LogP contribution in [-0.2, 0) is 28.8 Å². The summed E-state index contributed by atoms with van der Waals surface area (Å²) in [6.07, 6.45) is 10.8. The fraction of sp³-hybridized carbons (Fsp3) is 0.444. The van der Waals surface area contributed by atoms with Crippen LogP contribution in [0.15, 0.2) is 48.0 Å². The minimum Gasteiger partial charge on any atom is -0.489 e. The predicted octanol–water partition coefficient (Wildman–Crippen LogP) is 6.08. The summed E-state index contributed by atoms with van der Waals surface area (Å²) >= 11 is 0. The van der Waals surface area contributed by atoms with Crippen LogP contribution in [0.1, 0.15) is 67.2 Å². The Kier molecular flexibility index (Phi) is 6.88. The van der Waals surface area contributed by atoms with E-state index in [0.29, 0.717) is 13.0 Å². The lowest BCUT2D eigenvalue weighted by Crippen LogP contribution is -2.09. The van der Waals surface area contributed by atoms with Crippen LogP contribution in [0.25, 0.3) is 5.57 Å². The van der Waals surface area contributed by atoms with Gasteiger partial charge in [-0.3, -0.25) is 4.79 Å². The van der Waals surface area contributed by atoms with E-state index in [2.05, 4.69) is 42.5 Å². The normalized spacial score (nSPS) is 15.8. The summed E-state index contributed by atoms with van der Waals surface area (Å²) in [4.78, 5) is 11.2. The first kappa shape index (κ1) is 20.7. The van der Waals surface area contributed by atoms with Crippen LogP contribution in [-0.4, -0.2) is 19.7 Å². The van der Waals surface area contributed by atoms with Gasteiger partial charge >= 0.3 is 5.97 Å². The van der Waals surface area contributed by atoms with Crippen molar-refractivity contribution in [2.45, 2.75) is 64.2 Å². The van der Waals surface area contributed by atoms with Gasteiger partial charge in [0.1, 0.15) is 12.4 Å². The first-order chi connectivity index (χ1) is 14.7. The molecule has 0 bridgehead atoms. The molecule has 0 fully saturated rings. The summed E-state index contributed by atoms with van der Waals surface area (Å²) in [5.74, 6) is 0.773. The van der Waals surface area contributed by atoms with Crippen molar-refractivity contribution in [3.8, 4) is 5.75 Å². The molecule has 0 N–H and O–H groups in total. The molecule has 0 aromatic heterocycles. The Hall–Kier alpha value is -2.55. The standard InChI is InChI=1S/C27H32O3/c1-29-27(28)9-5-6-20-10-16-25(17-11-20)30-19-24-7-3-2-4-8-26(24)23-15-13-21-12-14-22(21)18-23/h10-11,13,15-18H,2-9,12,14,19H2,1H3. The van der Waals surface area contributed by atoms with Crippen molar-refractivity contribution in [3.63, 3.8) is 0 Å². The van der Waals surface area contributed by atoms with Gasteiger partial charge in [0.05, 0.1) is 7.11 Å². The van der Waals surface area contributed by atoms with Gasteiger partial charge in [0, 0.05) is 6.42 Å². The van der Waals surface area contributed by atoms with Crippen LogP contribution in [0, 0.1) is 0 Å². The van der Waals surface area contributed by atoms with Gasteiger partial charge in [0.25, 0.3) is 0 Å². The van der Waals surface area contributed by atoms with Crippen LogP contribution < -0.4 is 4.74 Å². The lowest BCUT2D eigenvalue weighted by Gasteiger charge is -2.21. The highest BCUT2D eigenvalue weighted by atomic mass is 16.5. The van der Waals surface area contributed by atoms with Crippen LogP contribution in [0.3, 0.4) is 0 Å². The molecular formula is C27H32O3. The Bertz CT molecular complexity index is 908. The molecule has 0 amide bonds. The molecular weight excluding hydrogens is 372 g/mol. The Morgan fingerprint density at radius 1 is 0.900 bits per heavy atom. The second-order valence-electron chi connectivity index (χ2n) is 8.49. The third-order valence-electron chi connectivity index (χ3n) is 6.46. The molecule has 0 atom stereocenters. The van der Waals surface area contributed by atoms with Gasteiger partial charge in [-0.2, -0.15) is 0 Å². The Morgan fingerprint density at radius 3 is 2.43 bits per heavy atom. The van der Waals surface area contributed by atoms with E-state index >= 15 is 0 Å². The molecule has 2 aliphatic rings. The van der Waals surface area contributed by atoms with E-state index in [4.69, 9.17) is 9.47 Å². The largest absolute Gasteiger partial charge is 0.489 e. The van der Waals surface area contributed by atoms with Gasteiger partial charge < -0.3 is 9.47 Å². The first-order valence-electron chi connectivity index (χ1n) is 11.3. The number of carbonyl (C=O) groups is 1. The maximum atomic E-state index is 11.2. The number of methoxy groups -OCH3 is 1. The maximum absolute atomic E-state index is 11.2. The summed E-state index contributed by atoms with van der Waals surface area (Å²) in [6.45, 7) is 0.675. The van der Waals surface area contributed by atoms with Gasteiger partial charge in [-0.05, 0) is 96.9 Å². The molecule has 2 aromatic carbocycles. The van der Waals surface area contributed by atoms with Crippen LogP contribution in [0.5, 0.6) is 5.75 Å². The summed E-state index contributed by atoms with van der Waals surface area (Å²) in [7, 11) is 1.44. The number of carbonyl (C=O) groups excluding carboxylic acids is 1. The van der Waals surface area contributed by atoms with Crippen LogP contribution in [0.4, 0.5) is 0 Å². The van der Waals surface area contributed by atoms with E-state index < -0.39 is 0 Å². The third-order valence-corrected chi connectivity index (χ3v) is 6.46. The zero-order chi connectivity index (χ0) is 20.8. The zero-order valence-corrected chi connectivity index (χ0v) is 18.0. The Morgan fingerprint density at radius 2 is 1.70 bits per heavy atom. The lowest BCUT2D eigenvalue weighted by atomic mass is 9.84. The molecule has 0 aliphatic heterocycles. The molecule has 0 radical (unpaired) electrons. The highest BCUT2D eigenvalue weighted by Crippen LogP contribution is 2.34. The van der Waals surface area contributed by atoms with E-state index in [9.17, 15) is 4.79 Å². The maximum Gasteiger partial charge on any atom is 0.305 e. The zero-order valence-electron chi connectivity index (χ0n) is 18.0. The second kappa shape index (κ2) is 9.97. The Labute approximate surface area is 180 Å². The minimum absolute atomic E-state index is 0.143. The fourth-order valence-electron chi connectivity index (χ4n) is 4.50. The second-order valence-corrected chi connectivity index (χ2v) is 8.49. The molecule has 3 nitrogen and oxygen atoms in total. The van der Waals surface area contributed by atoms with Crippen molar-refractivity contribution < 1.29 is 14.3 Å². The number of fused-ring (bicyclic) bond motifs is 1. The number of hydrogen-bond donors (Lipinski definition) is 0. The molecule has 0 unspecified atom stereocenters. The van der Waals surface area contributed by atoms with Gasteiger partial charge in [0.2, 0.25) is 0 Å². The van der Waals surface area contributed by atoms with E-state index in [1.165, 1.54) is 72.6 Å². The van der Waals surface area contributed by atoms with Crippen molar-refractivity contribution in [2.24, 2.45) is 0 Å². The van der Waals surface area contributed by atoms with Gasteiger partial charge in [-0.1, -0.05) is 36.8 Å². The molecule has 0 heterocycles. The molecule has 0 saturated heterocycles. The number of hydrogen-bond acceptors (Lipinski definition) is 3. The van der Waals surface area contributed by atoms with Crippen molar-refractivity contribution >= 4 is 11.5 Å². The van der Waals surface area contributed by atoms with E-state index in [1.54, 1.807) is 0 Å². The number of aryl methyl sites for hydroxylation is 3. The number of rotatable bonds is 8. The van der Waals surface area contributed by atoms with Gasteiger partial charge in [0.15, 0.2) is 0 Å². The smallest absolute Gasteiger partial charge is 0.305 e. The lowest BCUT2D eigenvalue weighted by molar-refractivity contribution is -0.140. The van der Waals surface area contributed by atoms with Gasteiger partial charge in [-0.25, -0.2) is 0 Å². The molecule has 158 valence electrons. The fourth-order valence-corrected chi connectivity index (χ4v) is 4.50. The van der Waals surface area contributed by atoms with Crippen molar-refractivity contribution in [1.29, 1.82) is 0 Å². The highest BCUT2D eigenvalue weighted by molar-refractivity contribution is 5.71. The topological polar surface area (TPSA) is 35.5 Å². The quantitative estimate of drug-likeness (QED) is 0.500. The number of esters is 1. The third kappa shape index (κ3) is 5.13. The molecule has 0 spiro atoms. The number of benzene rings is 2. The minimum atomic E-state index is -0.143. The Balaban J connectivity index is 1.39. The number of allylic oxidation sites excluding steroid dienone is 1. The molecule has 3 heteroatoms. The predicted molar refractivity (Wildman–Crippen MR) is 121 cm³/mol. The monoisotopic (exact) mass is 404 g/mol.